The van der Waals surface area contributed by atoms with E-state index in [0.29, 0.717) is 6.29 Å². The van der Waals surface area contributed by atoms with Crippen LogP contribution in [0.25, 0.3) is 0 Å². The van der Waals surface area contributed by atoms with Crippen LogP contribution >= 0.6 is 0 Å². The molecule has 19 heavy (non-hydrogen) atoms. The molecule has 1 aromatic carbocycles. The fourth-order valence-electron chi connectivity index (χ4n) is 1.32. The lowest BCUT2D eigenvalue weighted by Gasteiger charge is -2.12. The van der Waals surface area contributed by atoms with Gasteiger partial charge in [0.25, 0.3) is 0 Å². The number of halogens is 3. The van der Waals surface area contributed by atoms with Crippen molar-refractivity contribution < 1.29 is 18.0 Å². The second kappa shape index (κ2) is 6.58. The van der Waals surface area contributed by atoms with Crippen molar-refractivity contribution in [3.8, 4) is 0 Å². The predicted octanol–water partition coefficient (Wildman–Crippen LogP) is 4.13. The highest BCUT2D eigenvalue weighted by atomic mass is 19.2. The number of carbonyl (C=O) groups excluding carboxylic acids is 1. The zero-order chi connectivity index (χ0) is 14.4. The van der Waals surface area contributed by atoms with Crippen molar-refractivity contribution in [3.05, 3.63) is 65.7 Å². The topological polar surface area (TPSA) is 29.1 Å². The number of allylic oxidation sites excluding steroid dienone is 4. The highest BCUT2D eigenvalue weighted by molar-refractivity contribution is 5.85. The van der Waals surface area contributed by atoms with Crippen LogP contribution in [-0.4, -0.2) is 6.29 Å². The van der Waals surface area contributed by atoms with Gasteiger partial charge in [0.05, 0.1) is 11.4 Å². The molecule has 0 saturated carbocycles. The summed E-state index contributed by atoms with van der Waals surface area (Å²) in [6.45, 7) is 4.78. The van der Waals surface area contributed by atoms with E-state index >= 15 is 0 Å². The average Bonchev–Trinajstić information content (AvgIpc) is 2.39. The lowest BCUT2D eigenvalue weighted by molar-refractivity contribution is 0.112. The fraction of sp³-hybridized carbons (Fsp3) is 0.0714. The Morgan fingerprint density at radius 1 is 1.37 bits per heavy atom. The molecule has 1 aromatic rings. The number of aldehydes is 1. The van der Waals surface area contributed by atoms with Crippen molar-refractivity contribution in [1.29, 1.82) is 0 Å². The van der Waals surface area contributed by atoms with Crippen LogP contribution in [0.5, 0.6) is 0 Å². The molecule has 0 saturated heterocycles. The van der Waals surface area contributed by atoms with E-state index in [1.165, 1.54) is 12.2 Å². The van der Waals surface area contributed by atoms with Crippen LogP contribution in [0.1, 0.15) is 17.3 Å². The summed E-state index contributed by atoms with van der Waals surface area (Å²) >= 11 is 0. The number of anilines is 1. The fourth-order valence-corrected chi connectivity index (χ4v) is 1.32. The Morgan fingerprint density at radius 2 is 2.05 bits per heavy atom. The van der Waals surface area contributed by atoms with E-state index < -0.39 is 23.1 Å². The van der Waals surface area contributed by atoms with Crippen molar-refractivity contribution in [2.24, 2.45) is 0 Å². The number of hydrogen-bond acceptors (Lipinski definition) is 2. The third-order valence-corrected chi connectivity index (χ3v) is 2.26. The van der Waals surface area contributed by atoms with Crippen LogP contribution in [0.4, 0.5) is 18.9 Å². The van der Waals surface area contributed by atoms with E-state index in [2.05, 4.69) is 11.9 Å². The quantitative estimate of drug-likeness (QED) is 0.642. The molecule has 0 aliphatic carbocycles. The minimum absolute atomic E-state index is 0.119. The maximum atomic E-state index is 13.6. The summed E-state index contributed by atoms with van der Waals surface area (Å²) in [7, 11) is 0. The zero-order valence-electron chi connectivity index (χ0n) is 10.2. The third kappa shape index (κ3) is 3.58. The molecular formula is C14H12F3NO. The smallest absolute Gasteiger partial charge is 0.182 e. The molecule has 1 N–H and O–H groups in total. The van der Waals surface area contributed by atoms with Crippen LogP contribution in [0.3, 0.4) is 0 Å². The summed E-state index contributed by atoms with van der Waals surface area (Å²) in [6, 6.07) is 1.92. The first-order valence-corrected chi connectivity index (χ1v) is 5.39. The summed E-state index contributed by atoms with van der Waals surface area (Å²) in [5.41, 5.74) is -0.707. The third-order valence-electron chi connectivity index (χ3n) is 2.26. The predicted molar refractivity (Wildman–Crippen MR) is 68.5 cm³/mol. The minimum atomic E-state index is -1.25. The Hall–Kier alpha value is -2.30. The van der Waals surface area contributed by atoms with E-state index in [1.54, 1.807) is 13.0 Å². The van der Waals surface area contributed by atoms with Crippen molar-refractivity contribution in [2.75, 3.05) is 5.32 Å². The van der Waals surface area contributed by atoms with Crippen molar-refractivity contribution in [3.63, 3.8) is 0 Å². The van der Waals surface area contributed by atoms with Gasteiger partial charge in [0.1, 0.15) is 5.83 Å². The molecule has 100 valence electrons. The van der Waals surface area contributed by atoms with Gasteiger partial charge in [-0.2, -0.15) is 0 Å². The van der Waals surface area contributed by atoms with Crippen molar-refractivity contribution >= 4 is 12.0 Å². The molecule has 0 heterocycles. The number of benzene rings is 1. The van der Waals surface area contributed by atoms with E-state index in [0.717, 1.165) is 12.1 Å². The SMILES string of the molecule is C=C(F)/C(=C\C=C\C)Nc1c(C=O)ccc(F)c1F. The normalized spacial score (nSPS) is 11.7. The van der Waals surface area contributed by atoms with Gasteiger partial charge >= 0.3 is 0 Å². The molecule has 0 spiro atoms. The molecule has 5 heteroatoms. The second-order valence-corrected chi connectivity index (χ2v) is 3.58. The van der Waals surface area contributed by atoms with Crippen molar-refractivity contribution in [2.45, 2.75) is 6.92 Å². The number of carbonyl (C=O) groups is 1. The van der Waals surface area contributed by atoms with Gasteiger partial charge in [0, 0.05) is 5.56 Å². The average molecular weight is 267 g/mol. The molecule has 0 aliphatic rings. The molecule has 0 unspecified atom stereocenters. The summed E-state index contributed by atoms with van der Waals surface area (Å²) in [4.78, 5) is 10.8. The second-order valence-electron chi connectivity index (χ2n) is 3.58. The molecule has 0 aromatic heterocycles. The van der Waals surface area contributed by atoms with Gasteiger partial charge in [-0.25, -0.2) is 13.2 Å². The maximum Gasteiger partial charge on any atom is 0.182 e. The summed E-state index contributed by atoms with van der Waals surface area (Å²) in [6.07, 6.45) is 4.75. The highest BCUT2D eigenvalue weighted by Gasteiger charge is 2.15. The molecule has 2 nitrogen and oxygen atoms in total. The first-order chi connectivity index (χ1) is 9.01. The zero-order valence-corrected chi connectivity index (χ0v) is 10.2. The van der Waals surface area contributed by atoms with Gasteiger partial charge in [0.15, 0.2) is 17.9 Å². The standard InChI is InChI=1S/C14H12F3NO/c1-3-4-5-12(9(2)15)18-14-10(8-19)6-7-11(16)13(14)17/h3-8,18H,2H2,1H3/b4-3+,12-5+. The number of nitrogens with one attached hydrogen (secondary N) is 1. The Labute approximate surface area is 108 Å². The van der Waals surface area contributed by atoms with Crippen LogP contribution in [0.15, 0.2) is 48.5 Å². The van der Waals surface area contributed by atoms with Crippen LogP contribution in [-0.2, 0) is 0 Å². The van der Waals surface area contributed by atoms with Crippen LogP contribution < -0.4 is 5.32 Å². The molecule has 0 fully saturated rings. The first kappa shape index (κ1) is 14.8. The number of hydrogen-bond donors (Lipinski definition) is 1. The number of rotatable bonds is 5. The molecule has 0 bridgehead atoms. The van der Waals surface area contributed by atoms with E-state index in [4.69, 9.17) is 0 Å². The van der Waals surface area contributed by atoms with Gasteiger partial charge in [0.2, 0.25) is 0 Å². The molecule has 0 amide bonds. The summed E-state index contributed by atoms with van der Waals surface area (Å²) < 4.78 is 39.9. The lowest BCUT2D eigenvalue weighted by atomic mass is 10.1. The molecule has 0 radical (unpaired) electrons. The minimum Gasteiger partial charge on any atom is -0.350 e. The Morgan fingerprint density at radius 3 is 2.58 bits per heavy atom. The highest BCUT2D eigenvalue weighted by Crippen LogP contribution is 2.24. The van der Waals surface area contributed by atoms with E-state index in [9.17, 15) is 18.0 Å². The first-order valence-electron chi connectivity index (χ1n) is 5.39. The van der Waals surface area contributed by atoms with Gasteiger partial charge in [-0.15, -0.1) is 0 Å². The molecular weight excluding hydrogens is 255 g/mol. The Kier molecular flexibility index (Phi) is 5.11. The van der Waals surface area contributed by atoms with Crippen molar-refractivity contribution in [1.82, 2.24) is 0 Å². The Bertz CT molecular complexity index is 562. The summed E-state index contributed by atoms with van der Waals surface area (Å²) in [5, 5.41) is 2.33. The lowest BCUT2D eigenvalue weighted by Crippen LogP contribution is -2.06. The van der Waals surface area contributed by atoms with Gasteiger partial charge < -0.3 is 5.32 Å². The van der Waals surface area contributed by atoms with Gasteiger partial charge in [-0.1, -0.05) is 18.7 Å². The summed E-state index contributed by atoms with van der Waals surface area (Å²) in [5.74, 6) is -3.25. The molecule has 1 rings (SSSR count). The monoisotopic (exact) mass is 267 g/mol. The Balaban J connectivity index is 3.26. The van der Waals surface area contributed by atoms with Gasteiger partial charge in [-0.3, -0.25) is 4.79 Å². The van der Waals surface area contributed by atoms with E-state index in [-0.39, 0.29) is 11.3 Å². The van der Waals surface area contributed by atoms with Crippen LogP contribution in [0.2, 0.25) is 0 Å². The van der Waals surface area contributed by atoms with Gasteiger partial charge in [-0.05, 0) is 25.1 Å². The molecule has 0 aliphatic heterocycles. The molecule has 0 atom stereocenters. The maximum absolute atomic E-state index is 13.6. The van der Waals surface area contributed by atoms with Crippen LogP contribution in [0, 0.1) is 11.6 Å². The largest absolute Gasteiger partial charge is 0.350 e. The van der Waals surface area contributed by atoms with E-state index in [1.807, 2.05) is 0 Å².